The van der Waals surface area contributed by atoms with E-state index in [-0.39, 0.29) is 5.54 Å². The highest BCUT2D eigenvalue weighted by Gasteiger charge is 2.43. The zero-order chi connectivity index (χ0) is 13.9. The molecule has 0 radical (unpaired) electrons. The molecule has 0 saturated carbocycles. The maximum absolute atomic E-state index is 6.19. The highest BCUT2D eigenvalue weighted by Crippen LogP contribution is 2.33. The van der Waals surface area contributed by atoms with Crippen molar-refractivity contribution in [3.05, 3.63) is 0 Å². The lowest BCUT2D eigenvalue weighted by Gasteiger charge is -2.45. The van der Waals surface area contributed by atoms with Gasteiger partial charge in [0.25, 0.3) is 0 Å². The fourth-order valence-corrected chi connectivity index (χ4v) is 3.99. The average molecular weight is 267 g/mol. The van der Waals surface area contributed by atoms with Gasteiger partial charge in [-0.25, -0.2) is 0 Å². The molecule has 0 aromatic carbocycles. The van der Waals surface area contributed by atoms with Gasteiger partial charge < -0.3 is 5.73 Å². The van der Waals surface area contributed by atoms with Gasteiger partial charge >= 0.3 is 0 Å². The fourth-order valence-electron chi connectivity index (χ4n) is 3.99. The Morgan fingerprint density at radius 2 is 1.89 bits per heavy atom. The van der Waals surface area contributed by atoms with Gasteiger partial charge in [-0.1, -0.05) is 19.8 Å². The van der Waals surface area contributed by atoms with Crippen molar-refractivity contribution in [1.82, 2.24) is 9.80 Å². The smallest absolute Gasteiger partial charge is 0.0470 e. The topological polar surface area (TPSA) is 32.5 Å². The second-order valence-electron chi connectivity index (χ2n) is 6.96. The molecule has 1 unspecified atom stereocenters. The molecule has 2 fully saturated rings. The van der Waals surface area contributed by atoms with Gasteiger partial charge in [0.05, 0.1) is 0 Å². The summed E-state index contributed by atoms with van der Waals surface area (Å²) in [5.41, 5.74) is 6.47. The fraction of sp³-hybridized carbons (Fsp3) is 1.00. The van der Waals surface area contributed by atoms with Crippen LogP contribution < -0.4 is 5.73 Å². The number of nitrogens with two attached hydrogens (primary N) is 1. The molecule has 112 valence electrons. The first-order valence-electron chi connectivity index (χ1n) is 8.30. The van der Waals surface area contributed by atoms with E-state index < -0.39 is 0 Å². The molecule has 2 aliphatic rings. The molecule has 2 aliphatic heterocycles. The molecule has 0 aromatic rings. The molecule has 0 spiro atoms. The van der Waals surface area contributed by atoms with Crippen molar-refractivity contribution in [2.45, 2.75) is 64.5 Å². The van der Waals surface area contributed by atoms with Crippen LogP contribution in [0.25, 0.3) is 0 Å². The van der Waals surface area contributed by atoms with Crippen molar-refractivity contribution in [3.8, 4) is 0 Å². The summed E-state index contributed by atoms with van der Waals surface area (Å²) < 4.78 is 0. The molecule has 2 saturated heterocycles. The van der Waals surface area contributed by atoms with Crippen LogP contribution in [-0.4, -0.2) is 54.1 Å². The van der Waals surface area contributed by atoms with E-state index >= 15 is 0 Å². The lowest BCUT2D eigenvalue weighted by Crippen LogP contribution is -2.58. The Labute approximate surface area is 119 Å². The lowest BCUT2D eigenvalue weighted by molar-refractivity contribution is 0.0554. The molecule has 0 amide bonds. The molecular weight excluding hydrogens is 234 g/mol. The third-order valence-corrected chi connectivity index (χ3v) is 5.45. The van der Waals surface area contributed by atoms with Crippen molar-refractivity contribution in [1.29, 1.82) is 0 Å². The summed E-state index contributed by atoms with van der Waals surface area (Å²) in [4.78, 5) is 5.33. The molecule has 0 bridgehead atoms. The summed E-state index contributed by atoms with van der Waals surface area (Å²) in [6.45, 7) is 12.7. The van der Waals surface area contributed by atoms with Crippen molar-refractivity contribution in [2.75, 3.05) is 32.7 Å². The number of likely N-dealkylation sites (tertiary alicyclic amines) is 2. The predicted octanol–water partition coefficient (Wildman–Crippen LogP) is 2.31. The van der Waals surface area contributed by atoms with Crippen LogP contribution in [0.3, 0.4) is 0 Å². The normalized spacial score (nSPS) is 31.4. The van der Waals surface area contributed by atoms with Crippen LogP contribution in [0.5, 0.6) is 0 Å². The first kappa shape index (κ1) is 15.3. The summed E-state index contributed by atoms with van der Waals surface area (Å²) >= 11 is 0. The Hall–Kier alpha value is -0.120. The molecule has 2 heterocycles. The second-order valence-corrected chi connectivity index (χ2v) is 6.96. The van der Waals surface area contributed by atoms with Gasteiger partial charge in [-0.05, 0) is 52.1 Å². The van der Waals surface area contributed by atoms with Crippen LogP contribution in [0.15, 0.2) is 0 Å². The molecule has 19 heavy (non-hydrogen) atoms. The van der Waals surface area contributed by atoms with Gasteiger partial charge in [-0.3, -0.25) is 9.80 Å². The Bertz CT molecular complexity index is 271. The summed E-state index contributed by atoms with van der Waals surface area (Å²) in [5, 5.41) is 0. The SMILES string of the molecule is CCCC1CCN(C2(CN)CCN(C(C)C)C2)CC1. The van der Waals surface area contributed by atoms with E-state index in [2.05, 4.69) is 30.6 Å². The predicted molar refractivity (Wildman–Crippen MR) is 82.3 cm³/mol. The quantitative estimate of drug-likeness (QED) is 0.829. The van der Waals surface area contributed by atoms with Crippen molar-refractivity contribution < 1.29 is 0 Å². The van der Waals surface area contributed by atoms with E-state index in [1.165, 1.54) is 58.3 Å². The maximum atomic E-state index is 6.19. The van der Waals surface area contributed by atoms with Gasteiger partial charge in [0.2, 0.25) is 0 Å². The van der Waals surface area contributed by atoms with E-state index in [1.807, 2.05) is 0 Å². The summed E-state index contributed by atoms with van der Waals surface area (Å²) in [7, 11) is 0. The van der Waals surface area contributed by atoms with Gasteiger partial charge in [-0.15, -0.1) is 0 Å². The second kappa shape index (κ2) is 6.55. The number of hydrogen-bond donors (Lipinski definition) is 1. The highest BCUT2D eigenvalue weighted by molar-refractivity contribution is 5.01. The van der Waals surface area contributed by atoms with Crippen molar-refractivity contribution in [2.24, 2.45) is 11.7 Å². The van der Waals surface area contributed by atoms with Crippen molar-refractivity contribution >= 4 is 0 Å². The molecule has 3 heteroatoms. The first-order chi connectivity index (χ1) is 9.11. The van der Waals surface area contributed by atoms with Gasteiger partial charge in [0, 0.05) is 31.2 Å². The highest BCUT2D eigenvalue weighted by atomic mass is 15.3. The monoisotopic (exact) mass is 267 g/mol. The summed E-state index contributed by atoms with van der Waals surface area (Å²) in [6, 6.07) is 0.658. The maximum Gasteiger partial charge on any atom is 0.0470 e. The molecule has 2 N–H and O–H groups in total. The van der Waals surface area contributed by atoms with Crippen LogP contribution in [0.4, 0.5) is 0 Å². The number of rotatable bonds is 5. The number of hydrogen-bond acceptors (Lipinski definition) is 3. The number of piperidine rings is 1. The van der Waals surface area contributed by atoms with E-state index in [0.29, 0.717) is 6.04 Å². The third kappa shape index (κ3) is 3.32. The summed E-state index contributed by atoms with van der Waals surface area (Å²) in [5.74, 6) is 0.971. The Balaban J connectivity index is 1.93. The Kier molecular flexibility index (Phi) is 5.27. The zero-order valence-electron chi connectivity index (χ0n) is 13.2. The molecule has 3 nitrogen and oxygen atoms in total. The van der Waals surface area contributed by atoms with Gasteiger partial charge in [-0.2, -0.15) is 0 Å². The summed E-state index contributed by atoms with van der Waals surface area (Å²) in [6.07, 6.45) is 6.80. The van der Waals surface area contributed by atoms with Crippen LogP contribution in [0.2, 0.25) is 0 Å². The lowest BCUT2D eigenvalue weighted by atomic mass is 9.87. The van der Waals surface area contributed by atoms with Gasteiger partial charge in [0.15, 0.2) is 0 Å². The number of nitrogens with zero attached hydrogens (tertiary/aromatic N) is 2. The van der Waals surface area contributed by atoms with Crippen LogP contribution in [0, 0.1) is 5.92 Å². The minimum Gasteiger partial charge on any atom is -0.329 e. The minimum absolute atomic E-state index is 0.279. The Morgan fingerprint density at radius 1 is 1.21 bits per heavy atom. The Morgan fingerprint density at radius 3 is 2.37 bits per heavy atom. The van der Waals surface area contributed by atoms with E-state index in [9.17, 15) is 0 Å². The molecule has 2 rings (SSSR count). The zero-order valence-corrected chi connectivity index (χ0v) is 13.2. The van der Waals surface area contributed by atoms with E-state index in [1.54, 1.807) is 0 Å². The standard InChI is InChI=1S/C16H33N3/c1-4-5-15-6-9-19(10-7-15)16(12-17)8-11-18(13-16)14(2)3/h14-15H,4-13,17H2,1-3H3. The van der Waals surface area contributed by atoms with E-state index in [4.69, 9.17) is 5.73 Å². The largest absolute Gasteiger partial charge is 0.329 e. The van der Waals surface area contributed by atoms with Crippen LogP contribution in [0.1, 0.15) is 52.9 Å². The third-order valence-electron chi connectivity index (χ3n) is 5.45. The van der Waals surface area contributed by atoms with Gasteiger partial charge in [0.1, 0.15) is 0 Å². The molecule has 1 atom stereocenters. The minimum atomic E-state index is 0.279. The van der Waals surface area contributed by atoms with E-state index in [0.717, 1.165) is 12.5 Å². The molecule has 0 aliphatic carbocycles. The average Bonchev–Trinajstić information content (AvgIpc) is 2.86. The van der Waals surface area contributed by atoms with Crippen molar-refractivity contribution in [3.63, 3.8) is 0 Å². The van der Waals surface area contributed by atoms with Crippen LogP contribution >= 0.6 is 0 Å². The first-order valence-corrected chi connectivity index (χ1v) is 8.30. The molecule has 0 aromatic heterocycles. The van der Waals surface area contributed by atoms with Crippen LogP contribution in [-0.2, 0) is 0 Å². The molecular formula is C16H33N3.